The normalized spacial score (nSPS) is 25.1. The van der Waals surface area contributed by atoms with Crippen molar-refractivity contribution in [1.82, 2.24) is 0 Å². The first-order chi connectivity index (χ1) is 8.67. The predicted octanol–water partition coefficient (Wildman–Crippen LogP) is 2.82. The Balaban J connectivity index is 2.27. The van der Waals surface area contributed by atoms with Gasteiger partial charge in [0.2, 0.25) is 0 Å². The second-order valence-electron chi connectivity index (χ2n) is 5.04. The van der Waals surface area contributed by atoms with E-state index in [0.717, 1.165) is 30.8 Å². The number of rotatable bonds is 4. The van der Waals surface area contributed by atoms with Gasteiger partial charge in [0.05, 0.1) is 13.2 Å². The summed E-state index contributed by atoms with van der Waals surface area (Å²) in [7, 11) is 1.70. The van der Waals surface area contributed by atoms with E-state index in [-0.39, 0.29) is 12.1 Å². The van der Waals surface area contributed by atoms with Crippen LogP contribution in [0.2, 0.25) is 0 Å². The van der Waals surface area contributed by atoms with Crippen molar-refractivity contribution in [3.8, 4) is 5.75 Å². The van der Waals surface area contributed by atoms with E-state index in [0.29, 0.717) is 5.92 Å². The third-order valence-corrected chi connectivity index (χ3v) is 3.87. The number of hydrogen-bond donors (Lipinski definition) is 1. The lowest BCUT2D eigenvalue weighted by molar-refractivity contribution is 0.0811. The van der Waals surface area contributed by atoms with Crippen LogP contribution in [0.5, 0.6) is 5.75 Å². The lowest BCUT2D eigenvalue weighted by Crippen LogP contribution is -2.28. The standard InChI is InChI=1S/C15H23NO2/c1-4-13-11(7-8-18-13)15(16)12-9-10(2)5-6-14(12)17-3/h5-6,9,11,13,15H,4,7-8,16H2,1-3H3. The van der Waals surface area contributed by atoms with Crippen molar-refractivity contribution in [2.75, 3.05) is 13.7 Å². The van der Waals surface area contributed by atoms with Crippen molar-refractivity contribution < 1.29 is 9.47 Å². The summed E-state index contributed by atoms with van der Waals surface area (Å²) in [4.78, 5) is 0. The molecule has 0 saturated carbocycles. The van der Waals surface area contributed by atoms with Gasteiger partial charge in [0, 0.05) is 24.1 Å². The lowest BCUT2D eigenvalue weighted by Gasteiger charge is -2.25. The fourth-order valence-electron chi connectivity index (χ4n) is 2.84. The first kappa shape index (κ1) is 13.4. The van der Waals surface area contributed by atoms with Gasteiger partial charge in [-0.2, -0.15) is 0 Å². The molecule has 1 aliphatic heterocycles. The molecule has 0 radical (unpaired) electrons. The van der Waals surface area contributed by atoms with E-state index in [1.54, 1.807) is 7.11 Å². The first-order valence-corrected chi connectivity index (χ1v) is 6.69. The summed E-state index contributed by atoms with van der Waals surface area (Å²) in [5.74, 6) is 1.28. The van der Waals surface area contributed by atoms with Gasteiger partial charge in [-0.1, -0.05) is 24.6 Å². The molecular weight excluding hydrogens is 226 g/mol. The van der Waals surface area contributed by atoms with Gasteiger partial charge in [-0.25, -0.2) is 0 Å². The molecule has 3 atom stereocenters. The van der Waals surface area contributed by atoms with Crippen molar-refractivity contribution >= 4 is 0 Å². The molecule has 1 saturated heterocycles. The molecule has 1 aliphatic rings. The smallest absolute Gasteiger partial charge is 0.123 e. The molecule has 1 heterocycles. The van der Waals surface area contributed by atoms with Crippen LogP contribution < -0.4 is 10.5 Å². The van der Waals surface area contributed by atoms with Crippen LogP contribution in [0, 0.1) is 12.8 Å². The van der Waals surface area contributed by atoms with Crippen LogP contribution in [0.15, 0.2) is 18.2 Å². The zero-order valence-electron chi connectivity index (χ0n) is 11.5. The van der Waals surface area contributed by atoms with Gasteiger partial charge in [-0.05, 0) is 25.8 Å². The molecule has 2 rings (SSSR count). The maximum absolute atomic E-state index is 6.45. The Kier molecular flexibility index (Phi) is 4.25. The van der Waals surface area contributed by atoms with Crippen LogP contribution in [0.3, 0.4) is 0 Å². The van der Waals surface area contributed by atoms with E-state index in [2.05, 4.69) is 26.0 Å². The summed E-state index contributed by atoms with van der Waals surface area (Å²) in [5, 5.41) is 0. The molecule has 0 amide bonds. The van der Waals surface area contributed by atoms with Crippen LogP contribution in [0.4, 0.5) is 0 Å². The highest BCUT2D eigenvalue weighted by Gasteiger charge is 2.33. The fraction of sp³-hybridized carbons (Fsp3) is 0.600. The molecule has 100 valence electrons. The van der Waals surface area contributed by atoms with E-state index in [1.165, 1.54) is 5.56 Å². The molecule has 0 spiro atoms. The monoisotopic (exact) mass is 249 g/mol. The van der Waals surface area contributed by atoms with Gasteiger partial charge in [0.15, 0.2) is 0 Å². The zero-order valence-corrected chi connectivity index (χ0v) is 11.5. The molecule has 0 bridgehead atoms. The predicted molar refractivity (Wildman–Crippen MR) is 72.8 cm³/mol. The van der Waals surface area contributed by atoms with Gasteiger partial charge >= 0.3 is 0 Å². The lowest BCUT2D eigenvalue weighted by atomic mass is 9.86. The quantitative estimate of drug-likeness (QED) is 0.892. The first-order valence-electron chi connectivity index (χ1n) is 6.69. The molecule has 3 nitrogen and oxygen atoms in total. The molecule has 0 aliphatic carbocycles. The van der Waals surface area contributed by atoms with Gasteiger partial charge in [-0.3, -0.25) is 0 Å². The number of benzene rings is 1. The molecule has 1 aromatic rings. The molecule has 3 heteroatoms. The maximum Gasteiger partial charge on any atom is 0.123 e. The molecule has 1 fully saturated rings. The number of nitrogens with two attached hydrogens (primary N) is 1. The summed E-state index contributed by atoms with van der Waals surface area (Å²) in [6.45, 7) is 5.06. The molecule has 18 heavy (non-hydrogen) atoms. The average molecular weight is 249 g/mol. The SMILES string of the molecule is CCC1OCCC1C(N)c1cc(C)ccc1OC. The second-order valence-corrected chi connectivity index (χ2v) is 5.04. The van der Waals surface area contributed by atoms with Gasteiger partial charge in [0.1, 0.15) is 5.75 Å². The number of methoxy groups -OCH3 is 1. The minimum absolute atomic E-state index is 0.00713. The van der Waals surface area contributed by atoms with Gasteiger partial charge < -0.3 is 15.2 Å². The van der Waals surface area contributed by atoms with Crippen molar-refractivity contribution in [3.05, 3.63) is 29.3 Å². The fourth-order valence-corrected chi connectivity index (χ4v) is 2.84. The molecule has 1 aromatic carbocycles. The van der Waals surface area contributed by atoms with Crippen LogP contribution in [-0.2, 0) is 4.74 Å². The maximum atomic E-state index is 6.45. The minimum atomic E-state index is -0.00713. The molecular formula is C15H23NO2. The highest BCUT2D eigenvalue weighted by molar-refractivity contribution is 5.39. The summed E-state index contributed by atoms with van der Waals surface area (Å²) in [6.07, 6.45) is 2.34. The summed E-state index contributed by atoms with van der Waals surface area (Å²) in [6, 6.07) is 6.18. The molecule has 0 aromatic heterocycles. The van der Waals surface area contributed by atoms with Crippen molar-refractivity contribution in [3.63, 3.8) is 0 Å². The largest absolute Gasteiger partial charge is 0.496 e. The minimum Gasteiger partial charge on any atom is -0.496 e. The Morgan fingerprint density at radius 1 is 1.50 bits per heavy atom. The van der Waals surface area contributed by atoms with Crippen LogP contribution in [0.1, 0.15) is 36.9 Å². The Bertz CT molecular complexity index is 405. The Labute approximate surface area is 109 Å². The van der Waals surface area contributed by atoms with E-state index < -0.39 is 0 Å². The summed E-state index contributed by atoms with van der Waals surface area (Å²) >= 11 is 0. The van der Waals surface area contributed by atoms with Gasteiger partial charge in [-0.15, -0.1) is 0 Å². The Morgan fingerprint density at radius 3 is 2.94 bits per heavy atom. The van der Waals surface area contributed by atoms with E-state index in [9.17, 15) is 0 Å². The highest BCUT2D eigenvalue weighted by Crippen LogP contribution is 2.37. The van der Waals surface area contributed by atoms with Crippen molar-refractivity contribution in [2.45, 2.75) is 38.8 Å². The Morgan fingerprint density at radius 2 is 2.28 bits per heavy atom. The van der Waals surface area contributed by atoms with Crippen LogP contribution in [0.25, 0.3) is 0 Å². The van der Waals surface area contributed by atoms with Crippen LogP contribution >= 0.6 is 0 Å². The number of aryl methyl sites for hydroxylation is 1. The second kappa shape index (κ2) is 5.72. The zero-order chi connectivity index (χ0) is 13.1. The topological polar surface area (TPSA) is 44.5 Å². The molecule has 3 unspecified atom stereocenters. The average Bonchev–Trinajstić information content (AvgIpc) is 2.86. The Hall–Kier alpha value is -1.06. The number of ether oxygens (including phenoxy) is 2. The number of hydrogen-bond acceptors (Lipinski definition) is 3. The van der Waals surface area contributed by atoms with E-state index >= 15 is 0 Å². The highest BCUT2D eigenvalue weighted by atomic mass is 16.5. The van der Waals surface area contributed by atoms with Gasteiger partial charge in [0.25, 0.3) is 0 Å². The van der Waals surface area contributed by atoms with Crippen molar-refractivity contribution in [1.29, 1.82) is 0 Å². The van der Waals surface area contributed by atoms with E-state index in [1.807, 2.05) is 6.07 Å². The molecule has 2 N–H and O–H groups in total. The van der Waals surface area contributed by atoms with Crippen LogP contribution in [-0.4, -0.2) is 19.8 Å². The summed E-state index contributed by atoms with van der Waals surface area (Å²) < 4.78 is 11.2. The third kappa shape index (κ3) is 2.52. The van der Waals surface area contributed by atoms with Crippen molar-refractivity contribution in [2.24, 2.45) is 11.7 Å². The third-order valence-electron chi connectivity index (χ3n) is 3.87. The van der Waals surface area contributed by atoms with E-state index in [4.69, 9.17) is 15.2 Å². The summed E-state index contributed by atoms with van der Waals surface area (Å²) in [5.41, 5.74) is 8.77.